The first-order chi connectivity index (χ1) is 8.25. The number of carboxylic acid groups (broad SMARTS) is 1. The van der Waals surface area contributed by atoms with E-state index in [1.807, 2.05) is 0 Å². The average molecular weight is 253 g/mol. The Hall–Kier alpha value is -1.91. The Morgan fingerprint density at radius 2 is 2.00 bits per heavy atom. The molecular formula is C13H16FNO3. The standard InChI is InChI=1S/C13H16FNO3/c1-13(2,9-5-4-6-10(14)7-9)12(18)15(3)8-11(16)17/h4-7H,8H2,1-3H3,(H,16,17). The summed E-state index contributed by atoms with van der Waals surface area (Å²) in [6.45, 7) is 2.91. The lowest BCUT2D eigenvalue weighted by Gasteiger charge is -2.29. The fourth-order valence-corrected chi connectivity index (χ4v) is 1.75. The molecule has 0 aliphatic rings. The summed E-state index contributed by atoms with van der Waals surface area (Å²) in [5.74, 6) is -1.87. The number of nitrogens with zero attached hydrogens (tertiary/aromatic N) is 1. The number of hydrogen-bond acceptors (Lipinski definition) is 2. The molecule has 98 valence electrons. The van der Waals surface area contributed by atoms with Crippen LogP contribution in [0, 0.1) is 5.82 Å². The molecule has 1 rings (SSSR count). The summed E-state index contributed by atoms with van der Waals surface area (Å²) in [6.07, 6.45) is 0. The first kappa shape index (κ1) is 14.2. The van der Waals surface area contributed by atoms with Gasteiger partial charge in [0.1, 0.15) is 12.4 Å². The topological polar surface area (TPSA) is 57.6 Å². The van der Waals surface area contributed by atoms with Gasteiger partial charge in [-0.25, -0.2) is 4.39 Å². The van der Waals surface area contributed by atoms with Gasteiger partial charge < -0.3 is 10.0 Å². The molecule has 0 saturated carbocycles. The van der Waals surface area contributed by atoms with E-state index in [0.717, 1.165) is 4.90 Å². The minimum Gasteiger partial charge on any atom is -0.480 e. The third-order valence-corrected chi connectivity index (χ3v) is 2.80. The largest absolute Gasteiger partial charge is 0.480 e. The highest BCUT2D eigenvalue weighted by Gasteiger charge is 2.33. The van der Waals surface area contributed by atoms with E-state index in [0.29, 0.717) is 5.56 Å². The van der Waals surface area contributed by atoms with E-state index >= 15 is 0 Å². The van der Waals surface area contributed by atoms with Crippen LogP contribution in [0.15, 0.2) is 24.3 Å². The van der Waals surface area contributed by atoms with Crippen LogP contribution in [0.3, 0.4) is 0 Å². The molecule has 1 aromatic carbocycles. The van der Waals surface area contributed by atoms with Crippen molar-refractivity contribution in [2.75, 3.05) is 13.6 Å². The van der Waals surface area contributed by atoms with E-state index in [4.69, 9.17) is 5.11 Å². The molecule has 18 heavy (non-hydrogen) atoms. The first-order valence-corrected chi connectivity index (χ1v) is 5.48. The maximum Gasteiger partial charge on any atom is 0.323 e. The lowest BCUT2D eigenvalue weighted by molar-refractivity contribution is -0.145. The van der Waals surface area contributed by atoms with Gasteiger partial charge in [-0.15, -0.1) is 0 Å². The molecular weight excluding hydrogens is 237 g/mol. The summed E-state index contributed by atoms with van der Waals surface area (Å²) in [7, 11) is 1.41. The molecule has 5 heteroatoms. The summed E-state index contributed by atoms with van der Waals surface area (Å²) in [6, 6.07) is 5.75. The Labute approximate surface area is 105 Å². The number of halogens is 1. The second-order valence-electron chi connectivity index (χ2n) is 4.69. The van der Waals surface area contributed by atoms with E-state index < -0.39 is 17.2 Å². The fraction of sp³-hybridized carbons (Fsp3) is 0.385. The molecule has 0 radical (unpaired) electrons. The molecule has 4 nitrogen and oxygen atoms in total. The van der Waals surface area contributed by atoms with E-state index in [1.54, 1.807) is 19.9 Å². The van der Waals surface area contributed by atoms with Crippen LogP contribution in [0.25, 0.3) is 0 Å². The van der Waals surface area contributed by atoms with Gasteiger partial charge in [-0.1, -0.05) is 12.1 Å². The molecule has 0 aliphatic carbocycles. The van der Waals surface area contributed by atoms with Gasteiger partial charge in [-0.2, -0.15) is 0 Å². The number of aliphatic carboxylic acids is 1. The second kappa shape index (κ2) is 5.16. The maximum absolute atomic E-state index is 13.2. The van der Waals surface area contributed by atoms with Crippen molar-refractivity contribution in [2.45, 2.75) is 19.3 Å². The van der Waals surface area contributed by atoms with Crippen molar-refractivity contribution in [3.63, 3.8) is 0 Å². The van der Waals surface area contributed by atoms with Crippen LogP contribution in [-0.2, 0) is 15.0 Å². The summed E-state index contributed by atoms with van der Waals surface area (Å²) in [5.41, 5.74) is -0.448. The maximum atomic E-state index is 13.2. The van der Waals surface area contributed by atoms with E-state index in [-0.39, 0.29) is 12.5 Å². The van der Waals surface area contributed by atoms with Crippen molar-refractivity contribution in [1.29, 1.82) is 0 Å². The highest BCUT2D eigenvalue weighted by atomic mass is 19.1. The van der Waals surface area contributed by atoms with E-state index in [1.165, 1.54) is 25.2 Å². The average Bonchev–Trinajstić information content (AvgIpc) is 2.27. The summed E-state index contributed by atoms with van der Waals surface area (Å²) in [5, 5.41) is 8.66. The Morgan fingerprint density at radius 1 is 1.39 bits per heavy atom. The van der Waals surface area contributed by atoms with Crippen molar-refractivity contribution < 1.29 is 19.1 Å². The molecule has 0 heterocycles. The number of carbonyl (C=O) groups is 2. The van der Waals surface area contributed by atoms with Crippen LogP contribution in [-0.4, -0.2) is 35.5 Å². The molecule has 0 unspecified atom stereocenters. The van der Waals surface area contributed by atoms with Crippen LogP contribution in [0.5, 0.6) is 0 Å². The third-order valence-electron chi connectivity index (χ3n) is 2.80. The molecule has 0 atom stereocenters. The normalized spacial score (nSPS) is 11.1. The molecule has 0 saturated heterocycles. The molecule has 0 aromatic heterocycles. The van der Waals surface area contributed by atoms with Crippen molar-refractivity contribution in [1.82, 2.24) is 4.90 Å². The van der Waals surface area contributed by atoms with Gasteiger partial charge in [0.2, 0.25) is 5.91 Å². The second-order valence-corrected chi connectivity index (χ2v) is 4.69. The summed E-state index contributed by atoms with van der Waals surface area (Å²) >= 11 is 0. The number of amides is 1. The number of carboxylic acids is 1. The van der Waals surface area contributed by atoms with Gasteiger partial charge in [-0.3, -0.25) is 9.59 Å². The van der Waals surface area contributed by atoms with Crippen molar-refractivity contribution in [3.8, 4) is 0 Å². The molecule has 1 amide bonds. The van der Waals surface area contributed by atoms with Crippen LogP contribution >= 0.6 is 0 Å². The molecule has 0 bridgehead atoms. The number of likely N-dealkylation sites (N-methyl/N-ethyl adjacent to an activating group) is 1. The SMILES string of the molecule is CN(CC(=O)O)C(=O)C(C)(C)c1cccc(F)c1. The van der Waals surface area contributed by atoms with Crippen LogP contribution < -0.4 is 0 Å². The van der Waals surface area contributed by atoms with Crippen molar-refractivity contribution >= 4 is 11.9 Å². The zero-order valence-electron chi connectivity index (χ0n) is 10.6. The van der Waals surface area contributed by atoms with Gasteiger partial charge in [0.15, 0.2) is 0 Å². The van der Waals surface area contributed by atoms with E-state index in [2.05, 4.69) is 0 Å². The Balaban J connectivity index is 2.99. The smallest absolute Gasteiger partial charge is 0.323 e. The minimum absolute atomic E-state index is 0.365. The number of hydrogen-bond donors (Lipinski definition) is 1. The molecule has 1 N–H and O–H groups in total. The molecule has 0 aliphatic heterocycles. The van der Waals surface area contributed by atoms with Crippen LogP contribution in [0.1, 0.15) is 19.4 Å². The van der Waals surface area contributed by atoms with Gasteiger partial charge in [0, 0.05) is 7.05 Å². The third kappa shape index (κ3) is 3.06. The lowest BCUT2D eigenvalue weighted by atomic mass is 9.83. The Morgan fingerprint density at radius 3 is 2.50 bits per heavy atom. The molecule has 0 spiro atoms. The molecule has 1 aromatic rings. The monoisotopic (exact) mass is 253 g/mol. The van der Waals surface area contributed by atoms with Crippen LogP contribution in [0.2, 0.25) is 0 Å². The molecule has 0 fully saturated rings. The van der Waals surface area contributed by atoms with Gasteiger partial charge in [0.25, 0.3) is 0 Å². The van der Waals surface area contributed by atoms with Crippen molar-refractivity contribution in [2.24, 2.45) is 0 Å². The zero-order chi connectivity index (χ0) is 13.9. The Bertz CT molecular complexity index is 471. The Kier molecular flexibility index (Phi) is 4.06. The highest BCUT2D eigenvalue weighted by Crippen LogP contribution is 2.25. The predicted octanol–water partition coefficient (Wildman–Crippen LogP) is 1.65. The zero-order valence-corrected chi connectivity index (χ0v) is 10.6. The van der Waals surface area contributed by atoms with Gasteiger partial charge >= 0.3 is 5.97 Å². The van der Waals surface area contributed by atoms with Crippen molar-refractivity contribution in [3.05, 3.63) is 35.6 Å². The predicted molar refractivity (Wildman–Crippen MR) is 64.7 cm³/mol. The summed E-state index contributed by atoms with van der Waals surface area (Å²) < 4.78 is 13.2. The first-order valence-electron chi connectivity index (χ1n) is 5.48. The van der Waals surface area contributed by atoms with E-state index in [9.17, 15) is 14.0 Å². The minimum atomic E-state index is -1.08. The quantitative estimate of drug-likeness (QED) is 0.887. The van der Waals surface area contributed by atoms with Crippen LogP contribution in [0.4, 0.5) is 4.39 Å². The number of rotatable bonds is 4. The summed E-state index contributed by atoms with van der Waals surface area (Å²) in [4.78, 5) is 23.8. The lowest BCUT2D eigenvalue weighted by Crippen LogP contribution is -2.43. The fourth-order valence-electron chi connectivity index (χ4n) is 1.75. The van der Waals surface area contributed by atoms with Gasteiger partial charge in [0.05, 0.1) is 5.41 Å². The van der Waals surface area contributed by atoms with Gasteiger partial charge in [-0.05, 0) is 31.5 Å². The number of carbonyl (C=O) groups excluding carboxylic acids is 1. The number of benzene rings is 1. The highest BCUT2D eigenvalue weighted by molar-refractivity contribution is 5.89.